The van der Waals surface area contributed by atoms with Crippen molar-refractivity contribution in [2.24, 2.45) is 17.3 Å². The Morgan fingerprint density at radius 2 is 1.79 bits per heavy atom. The van der Waals surface area contributed by atoms with Gasteiger partial charge in [0.2, 0.25) is 21.8 Å². The molecule has 5 atom stereocenters. The molecule has 1 saturated heterocycles. The molecule has 306 valence electrons. The number of ketones is 1. The minimum absolute atomic E-state index is 0.0817. The normalized spacial score (nSPS) is 32.0. The van der Waals surface area contributed by atoms with Gasteiger partial charge >= 0.3 is 5.97 Å². The Hall–Kier alpha value is -3.87. The van der Waals surface area contributed by atoms with Gasteiger partial charge in [0.1, 0.15) is 23.3 Å². The van der Waals surface area contributed by atoms with Crippen LogP contribution in [0.2, 0.25) is 0 Å². The Kier molecular flexibility index (Phi) is 9.79. The molecule has 0 radical (unpaired) electrons. The molecule has 3 aliphatic heterocycles. The lowest BCUT2D eigenvalue weighted by Crippen LogP contribution is -2.48. The van der Waals surface area contributed by atoms with Crippen LogP contribution >= 0.6 is 0 Å². The number of nitrogens with zero attached hydrogens (tertiary/aromatic N) is 2. The molecule has 2 aromatic rings. The van der Waals surface area contributed by atoms with Crippen molar-refractivity contribution in [3.8, 4) is 5.75 Å². The smallest absolute Gasteiger partial charge is 0.306 e. The Labute approximate surface area is 333 Å². The number of allylic oxidation sites excluding steroid dienone is 2. The van der Waals surface area contributed by atoms with Crippen molar-refractivity contribution in [3.05, 3.63) is 47.4 Å². The second-order valence-corrected chi connectivity index (χ2v) is 20.8. The zero-order valence-corrected chi connectivity index (χ0v) is 33.7. The zero-order chi connectivity index (χ0) is 39.7. The summed E-state index contributed by atoms with van der Waals surface area (Å²) in [4.78, 5) is 63.9. The molecule has 4 saturated carbocycles. The Bertz CT molecular complexity index is 2140. The minimum Gasteiger partial charge on any atom is -0.483 e. The molecule has 0 unspecified atom stereocenters. The lowest BCUT2D eigenvalue weighted by atomic mass is 9.85. The van der Waals surface area contributed by atoms with E-state index >= 15 is 0 Å². The van der Waals surface area contributed by atoms with Crippen LogP contribution in [0.1, 0.15) is 140 Å². The number of hydrogen-bond acceptors (Lipinski definition) is 9. The van der Waals surface area contributed by atoms with E-state index in [-0.39, 0.29) is 61.3 Å². The summed E-state index contributed by atoms with van der Waals surface area (Å²) in [5, 5.41) is 0.695. The molecule has 13 heteroatoms. The highest BCUT2D eigenvalue weighted by Crippen LogP contribution is 2.58. The highest BCUT2D eigenvalue weighted by atomic mass is 32.2. The van der Waals surface area contributed by atoms with E-state index in [1.807, 2.05) is 12.2 Å². The Morgan fingerprint density at radius 3 is 2.54 bits per heavy atom. The Morgan fingerprint density at radius 1 is 1.02 bits per heavy atom. The van der Waals surface area contributed by atoms with Gasteiger partial charge in [-0.05, 0) is 121 Å². The molecule has 9 rings (SSSR count). The summed E-state index contributed by atoms with van der Waals surface area (Å²) in [6.45, 7) is 1.73. The SMILES string of the molecule is CC1(S(=O)(=O)NC(=O)[C@]23CC(=O)[C@@H]4C[C@]5(CCc6c(c(C7CC7)nc7ccc(F)cc67)O5)CN4C(=O)[C@@H](CC(=O)OC4CCCC4)CCCCC/C=C\[C@@H]2C3)CC1. The van der Waals surface area contributed by atoms with Crippen LogP contribution in [0.15, 0.2) is 30.4 Å². The van der Waals surface area contributed by atoms with Gasteiger partial charge in [-0.3, -0.25) is 23.9 Å². The number of carbonyl (C=O) groups excluding carboxylic acids is 4. The maximum atomic E-state index is 14.9. The third-order valence-corrected chi connectivity index (χ3v) is 16.4. The van der Waals surface area contributed by atoms with E-state index in [0.29, 0.717) is 55.2 Å². The molecule has 1 N–H and O–H groups in total. The van der Waals surface area contributed by atoms with Crippen LogP contribution < -0.4 is 9.46 Å². The molecule has 1 aromatic heterocycles. The highest BCUT2D eigenvalue weighted by molar-refractivity contribution is 7.91. The summed E-state index contributed by atoms with van der Waals surface area (Å²) in [6.07, 6.45) is 15.1. The van der Waals surface area contributed by atoms with Gasteiger partial charge in [-0.15, -0.1) is 0 Å². The number of benzene rings is 1. The van der Waals surface area contributed by atoms with Gasteiger partial charge in [-0.1, -0.05) is 25.0 Å². The maximum absolute atomic E-state index is 14.9. The van der Waals surface area contributed by atoms with Crippen LogP contribution in [0, 0.1) is 23.1 Å². The molecule has 57 heavy (non-hydrogen) atoms. The lowest BCUT2D eigenvalue weighted by molar-refractivity contribution is -0.154. The summed E-state index contributed by atoms with van der Waals surface area (Å²) in [7, 11) is -3.95. The molecular formula is C44H54FN3O8S. The van der Waals surface area contributed by atoms with E-state index in [2.05, 4.69) is 4.72 Å². The number of ether oxygens (including phenoxy) is 2. The van der Waals surface area contributed by atoms with Crippen molar-refractivity contribution in [1.82, 2.24) is 14.6 Å². The second kappa shape index (κ2) is 14.4. The number of amides is 2. The number of halogens is 1. The van der Waals surface area contributed by atoms with Gasteiger partial charge < -0.3 is 14.4 Å². The predicted molar refractivity (Wildman–Crippen MR) is 209 cm³/mol. The van der Waals surface area contributed by atoms with Crippen molar-refractivity contribution >= 4 is 44.5 Å². The number of sulfonamides is 1. The van der Waals surface area contributed by atoms with Gasteiger partial charge in [-0.25, -0.2) is 17.8 Å². The van der Waals surface area contributed by atoms with E-state index in [1.165, 1.54) is 12.1 Å². The number of fused-ring (bicyclic) bond motifs is 5. The molecule has 4 heterocycles. The van der Waals surface area contributed by atoms with Gasteiger partial charge in [-0.2, -0.15) is 0 Å². The summed E-state index contributed by atoms with van der Waals surface area (Å²) >= 11 is 0. The van der Waals surface area contributed by atoms with Crippen LogP contribution in [0.5, 0.6) is 5.75 Å². The van der Waals surface area contributed by atoms with Gasteiger partial charge in [0.05, 0.1) is 40.4 Å². The molecule has 1 aromatic carbocycles. The van der Waals surface area contributed by atoms with Gasteiger partial charge in [0.15, 0.2) is 5.78 Å². The molecule has 11 nitrogen and oxygen atoms in total. The number of hydrogen-bond donors (Lipinski definition) is 1. The first-order valence-corrected chi connectivity index (χ1v) is 22.8. The quantitative estimate of drug-likeness (QED) is 0.233. The number of rotatable bonds is 7. The number of nitrogens with one attached hydrogen (secondary N) is 1. The van der Waals surface area contributed by atoms with Crippen LogP contribution in [-0.4, -0.2) is 70.9 Å². The first kappa shape index (κ1) is 38.6. The fourth-order valence-corrected chi connectivity index (χ4v) is 11.4. The number of aryl methyl sites for hydroxylation is 1. The van der Waals surface area contributed by atoms with E-state index in [1.54, 1.807) is 17.9 Å². The van der Waals surface area contributed by atoms with Crippen molar-refractivity contribution < 1.29 is 41.5 Å². The lowest BCUT2D eigenvalue weighted by Gasteiger charge is -2.37. The van der Waals surface area contributed by atoms with Crippen molar-refractivity contribution in [2.45, 2.75) is 157 Å². The van der Waals surface area contributed by atoms with Crippen molar-refractivity contribution in [2.75, 3.05) is 6.54 Å². The van der Waals surface area contributed by atoms with Crippen LogP contribution in [0.4, 0.5) is 4.39 Å². The fraction of sp³-hybridized carbons (Fsp3) is 0.659. The van der Waals surface area contributed by atoms with Crippen molar-refractivity contribution in [1.29, 1.82) is 0 Å². The van der Waals surface area contributed by atoms with Crippen molar-refractivity contribution in [3.63, 3.8) is 0 Å². The first-order chi connectivity index (χ1) is 27.3. The van der Waals surface area contributed by atoms with E-state index in [4.69, 9.17) is 14.5 Å². The number of pyridine rings is 1. The maximum Gasteiger partial charge on any atom is 0.306 e. The zero-order valence-electron chi connectivity index (χ0n) is 32.9. The molecule has 5 fully saturated rings. The van der Waals surface area contributed by atoms with Crippen LogP contribution in [0.3, 0.4) is 0 Å². The molecule has 2 amide bonds. The molecule has 7 aliphatic rings. The summed E-state index contributed by atoms with van der Waals surface area (Å²) in [5.41, 5.74) is 0.204. The minimum atomic E-state index is -3.95. The van der Waals surface area contributed by atoms with E-state index < -0.39 is 49.6 Å². The molecule has 0 bridgehead atoms. The topological polar surface area (TPSA) is 149 Å². The highest BCUT2D eigenvalue weighted by Gasteiger charge is 2.63. The summed E-state index contributed by atoms with van der Waals surface area (Å²) in [5.74, 6) is -2.24. The fourth-order valence-electron chi connectivity index (χ4n) is 10.1. The van der Waals surface area contributed by atoms with Gasteiger partial charge in [0.25, 0.3) is 0 Å². The number of esters is 1. The molecular weight excluding hydrogens is 750 g/mol. The third kappa shape index (κ3) is 7.39. The average Bonchev–Trinajstić information content (AvgIpc) is 4.14. The molecule has 1 spiro atoms. The summed E-state index contributed by atoms with van der Waals surface area (Å²) < 4.78 is 55.4. The number of carbonyl (C=O) groups is 4. The number of Topliss-reactive ketones (excluding diaryl/α,β-unsaturated/α-hetero) is 1. The molecule has 4 aliphatic carbocycles. The van der Waals surface area contributed by atoms with Crippen LogP contribution in [-0.2, 0) is 40.4 Å². The second-order valence-electron chi connectivity index (χ2n) is 18.6. The first-order valence-electron chi connectivity index (χ1n) is 21.4. The van der Waals surface area contributed by atoms with Gasteiger partial charge in [0, 0.05) is 35.6 Å². The summed E-state index contributed by atoms with van der Waals surface area (Å²) in [6, 6.07) is 3.65. The third-order valence-electron chi connectivity index (χ3n) is 14.3. The average molecular weight is 804 g/mol. The predicted octanol–water partition coefficient (Wildman–Crippen LogP) is 6.89. The monoisotopic (exact) mass is 803 g/mol. The van der Waals surface area contributed by atoms with E-state index in [9.17, 15) is 32.0 Å². The largest absolute Gasteiger partial charge is 0.483 e. The van der Waals surface area contributed by atoms with Crippen LogP contribution in [0.25, 0.3) is 10.9 Å². The number of aromatic nitrogens is 1. The Balaban J connectivity index is 1.06. The standard InChI is InChI=1S/C44H54FN3O8S/c1-42(19-20-42)57(53,54)47-41(52)44-23-29(44)10-6-4-2-3-5-9-28(21-37(50)55-31-11-7-8-12-31)40(51)48-26-43(24-35(48)36(49)25-44)18-17-32-33-22-30(45)15-16-34(33)46-38(27-13-14-27)39(32)56-43/h6,10,15-16,22,27-29,31,35H,2-5,7-9,11-14,17-21,23-26H2,1H3,(H,47,52)/b10-6-/t28-,29-,35+,43-,44-/m1/s1. The van der Waals surface area contributed by atoms with E-state index in [0.717, 1.165) is 75.5 Å².